The van der Waals surface area contributed by atoms with Crippen LogP contribution < -0.4 is 5.73 Å². The molecule has 0 bridgehead atoms. The number of rotatable bonds is 4. The molecule has 0 spiro atoms. The average molecular weight is 284 g/mol. The maximum atomic E-state index is 10.9. The second-order valence-electron chi connectivity index (χ2n) is 4.10. The van der Waals surface area contributed by atoms with Gasteiger partial charge in [-0.05, 0) is 19.1 Å². The third-order valence-electron chi connectivity index (χ3n) is 2.55. The summed E-state index contributed by atoms with van der Waals surface area (Å²) in [6, 6.07) is 7.68. The quantitative estimate of drug-likeness (QED) is 0.865. The Labute approximate surface area is 120 Å². The second-order valence-corrected chi connectivity index (χ2v) is 5.06. The summed E-state index contributed by atoms with van der Waals surface area (Å²) in [6.45, 7) is 1.84. The number of hydrogen-bond donors (Lipinski definition) is 1. The van der Waals surface area contributed by atoms with E-state index in [0.717, 1.165) is 16.8 Å². The fourth-order valence-electron chi connectivity index (χ4n) is 1.75. The third kappa shape index (κ3) is 3.13. The minimum atomic E-state index is -0.440. The number of carbonyl (C=O) groups is 1. The Bertz CT molecular complexity index is 680. The van der Waals surface area contributed by atoms with E-state index < -0.39 is 5.91 Å². The van der Waals surface area contributed by atoms with Crippen LogP contribution in [0.3, 0.4) is 0 Å². The topological polar surface area (TPSA) is 92.7 Å². The number of carbonyl (C=O) groups excluding carboxylic acids is 1. The highest BCUT2D eigenvalue weighted by molar-refractivity contribution is 8.00. The molecule has 2 aromatic heterocycles. The van der Waals surface area contributed by atoms with Gasteiger partial charge >= 0.3 is 0 Å². The van der Waals surface area contributed by atoms with E-state index in [9.17, 15) is 10.1 Å². The van der Waals surface area contributed by atoms with Crippen molar-refractivity contribution in [2.75, 3.05) is 5.75 Å². The lowest BCUT2D eigenvalue weighted by molar-refractivity contribution is -0.115. The van der Waals surface area contributed by atoms with E-state index in [1.807, 2.05) is 25.1 Å². The van der Waals surface area contributed by atoms with Crippen LogP contribution in [0, 0.1) is 18.3 Å². The molecule has 0 atom stereocenters. The molecule has 2 heterocycles. The fraction of sp³-hybridized carbons (Fsp3) is 0.143. The van der Waals surface area contributed by atoms with Crippen LogP contribution in [-0.2, 0) is 4.79 Å². The molecule has 0 aromatic carbocycles. The van der Waals surface area contributed by atoms with Crippen molar-refractivity contribution >= 4 is 17.7 Å². The van der Waals surface area contributed by atoms with Crippen LogP contribution in [0.4, 0.5) is 0 Å². The minimum absolute atomic E-state index is 0.0949. The van der Waals surface area contributed by atoms with Gasteiger partial charge in [0, 0.05) is 29.2 Å². The molecular weight excluding hydrogens is 272 g/mol. The predicted octanol–water partition coefficient (Wildman–Crippen LogP) is 1.90. The Balaban J connectivity index is 2.52. The predicted molar refractivity (Wildman–Crippen MR) is 76.8 cm³/mol. The molecule has 100 valence electrons. The van der Waals surface area contributed by atoms with Crippen LogP contribution in [0.25, 0.3) is 11.1 Å². The summed E-state index contributed by atoms with van der Waals surface area (Å²) in [5, 5.41) is 9.90. The van der Waals surface area contributed by atoms with E-state index in [2.05, 4.69) is 16.0 Å². The van der Waals surface area contributed by atoms with E-state index in [4.69, 9.17) is 5.73 Å². The van der Waals surface area contributed by atoms with Crippen molar-refractivity contribution in [3.8, 4) is 17.2 Å². The summed E-state index contributed by atoms with van der Waals surface area (Å²) in [4.78, 5) is 19.3. The molecule has 6 heteroatoms. The first-order valence-electron chi connectivity index (χ1n) is 5.85. The molecule has 2 rings (SSSR count). The number of amides is 1. The molecule has 0 aliphatic heterocycles. The van der Waals surface area contributed by atoms with Crippen molar-refractivity contribution < 1.29 is 4.79 Å². The van der Waals surface area contributed by atoms with Crippen LogP contribution in [0.15, 0.2) is 35.6 Å². The van der Waals surface area contributed by atoms with Gasteiger partial charge in [-0.15, -0.1) is 0 Å². The Morgan fingerprint density at radius 2 is 2.35 bits per heavy atom. The lowest BCUT2D eigenvalue weighted by atomic mass is 10.0. The Morgan fingerprint density at radius 1 is 1.55 bits per heavy atom. The van der Waals surface area contributed by atoms with E-state index in [0.29, 0.717) is 10.6 Å². The molecule has 0 aliphatic rings. The summed E-state index contributed by atoms with van der Waals surface area (Å²) in [5.41, 5.74) is 7.96. The summed E-state index contributed by atoms with van der Waals surface area (Å²) in [7, 11) is 0. The maximum Gasteiger partial charge on any atom is 0.227 e. The average Bonchev–Trinajstić information content (AvgIpc) is 2.45. The zero-order chi connectivity index (χ0) is 14.5. The van der Waals surface area contributed by atoms with Gasteiger partial charge in [0.1, 0.15) is 11.1 Å². The van der Waals surface area contributed by atoms with Crippen molar-refractivity contribution in [3.63, 3.8) is 0 Å². The zero-order valence-electron chi connectivity index (χ0n) is 10.8. The maximum absolute atomic E-state index is 10.9. The van der Waals surface area contributed by atoms with E-state index in [-0.39, 0.29) is 5.75 Å². The third-order valence-corrected chi connectivity index (χ3v) is 3.55. The summed E-state index contributed by atoms with van der Waals surface area (Å²) < 4.78 is 0. The van der Waals surface area contributed by atoms with E-state index >= 15 is 0 Å². The minimum Gasteiger partial charge on any atom is -0.369 e. The SMILES string of the molecule is Cc1cc(-c2cccnc2)c(C#N)c(SCC(N)=O)n1. The first-order valence-corrected chi connectivity index (χ1v) is 6.83. The molecular formula is C14H12N4OS. The number of thioether (sulfide) groups is 1. The molecule has 0 saturated heterocycles. The molecule has 0 unspecified atom stereocenters. The zero-order valence-corrected chi connectivity index (χ0v) is 11.6. The van der Waals surface area contributed by atoms with Crippen LogP contribution in [0.2, 0.25) is 0 Å². The number of nitrogens with zero attached hydrogens (tertiary/aromatic N) is 3. The molecule has 0 radical (unpaired) electrons. The number of aromatic nitrogens is 2. The summed E-state index contributed by atoms with van der Waals surface area (Å²) >= 11 is 1.17. The van der Waals surface area contributed by atoms with Gasteiger partial charge in [0.25, 0.3) is 0 Å². The monoisotopic (exact) mass is 284 g/mol. The molecule has 2 aromatic rings. The van der Waals surface area contributed by atoms with Crippen LogP contribution in [-0.4, -0.2) is 21.6 Å². The molecule has 0 fully saturated rings. The van der Waals surface area contributed by atoms with Crippen molar-refractivity contribution in [1.29, 1.82) is 5.26 Å². The van der Waals surface area contributed by atoms with Crippen LogP contribution >= 0.6 is 11.8 Å². The number of hydrogen-bond acceptors (Lipinski definition) is 5. The molecule has 20 heavy (non-hydrogen) atoms. The van der Waals surface area contributed by atoms with Gasteiger partial charge in [-0.1, -0.05) is 17.8 Å². The highest BCUT2D eigenvalue weighted by atomic mass is 32.2. The number of nitriles is 1. The Kier molecular flexibility index (Phi) is 4.33. The fourth-order valence-corrected chi connectivity index (χ4v) is 2.53. The van der Waals surface area contributed by atoms with Crippen LogP contribution in [0.1, 0.15) is 11.3 Å². The Hall–Kier alpha value is -2.39. The molecule has 0 aliphatic carbocycles. The number of primary amides is 1. The molecule has 0 saturated carbocycles. The van der Waals surface area contributed by atoms with Gasteiger partial charge in [0.15, 0.2) is 0 Å². The van der Waals surface area contributed by atoms with Gasteiger partial charge in [0.05, 0.1) is 11.3 Å². The Morgan fingerprint density at radius 3 is 2.95 bits per heavy atom. The largest absolute Gasteiger partial charge is 0.369 e. The lowest BCUT2D eigenvalue weighted by Gasteiger charge is -2.09. The molecule has 1 amide bonds. The lowest BCUT2D eigenvalue weighted by Crippen LogP contribution is -2.13. The van der Waals surface area contributed by atoms with E-state index in [1.54, 1.807) is 12.4 Å². The number of nitrogens with two attached hydrogens (primary N) is 1. The molecule has 5 nitrogen and oxygen atoms in total. The van der Waals surface area contributed by atoms with Crippen molar-refractivity contribution in [2.24, 2.45) is 5.73 Å². The summed E-state index contributed by atoms with van der Waals surface area (Å²) in [5.74, 6) is -0.345. The second kappa shape index (κ2) is 6.17. The van der Waals surface area contributed by atoms with Crippen molar-refractivity contribution in [1.82, 2.24) is 9.97 Å². The first-order chi connectivity index (χ1) is 9.61. The smallest absolute Gasteiger partial charge is 0.227 e. The van der Waals surface area contributed by atoms with Gasteiger partial charge < -0.3 is 5.73 Å². The highest BCUT2D eigenvalue weighted by Crippen LogP contribution is 2.30. The van der Waals surface area contributed by atoms with Gasteiger partial charge in [0.2, 0.25) is 5.91 Å². The number of aryl methyl sites for hydroxylation is 1. The summed E-state index contributed by atoms with van der Waals surface area (Å²) in [6.07, 6.45) is 3.37. The van der Waals surface area contributed by atoms with Crippen molar-refractivity contribution in [3.05, 3.63) is 41.9 Å². The molecule has 2 N–H and O–H groups in total. The first kappa shape index (κ1) is 14.0. The van der Waals surface area contributed by atoms with Gasteiger partial charge in [-0.2, -0.15) is 5.26 Å². The normalized spacial score (nSPS) is 10.0. The van der Waals surface area contributed by atoms with Gasteiger partial charge in [-0.25, -0.2) is 4.98 Å². The highest BCUT2D eigenvalue weighted by Gasteiger charge is 2.14. The van der Waals surface area contributed by atoms with Crippen LogP contribution in [0.5, 0.6) is 0 Å². The van der Waals surface area contributed by atoms with E-state index in [1.165, 1.54) is 11.8 Å². The van der Waals surface area contributed by atoms with Crippen molar-refractivity contribution in [2.45, 2.75) is 11.9 Å². The standard InChI is InChI=1S/C14H12N4OS/c1-9-5-11(10-3-2-4-17-7-10)12(6-15)14(18-9)20-8-13(16)19/h2-5,7H,8H2,1H3,(H2,16,19). The number of pyridine rings is 2. The van der Waals surface area contributed by atoms with Gasteiger partial charge in [-0.3, -0.25) is 9.78 Å².